The first-order valence-electron chi connectivity index (χ1n) is 6.03. The van der Waals surface area contributed by atoms with Gasteiger partial charge >= 0.3 is 5.97 Å². The van der Waals surface area contributed by atoms with Crippen LogP contribution in [0.1, 0.15) is 5.56 Å². The summed E-state index contributed by atoms with van der Waals surface area (Å²) in [6.07, 6.45) is 9.44. The molecule has 0 amide bonds. The van der Waals surface area contributed by atoms with Crippen LogP contribution in [0.4, 0.5) is 0 Å². The van der Waals surface area contributed by atoms with Crippen molar-refractivity contribution >= 4 is 12.0 Å². The summed E-state index contributed by atoms with van der Waals surface area (Å²) in [4.78, 5) is 11.2. The van der Waals surface area contributed by atoms with Crippen molar-refractivity contribution < 1.29 is 9.90 Å². The van der Waals surface area contributed by atoms with E-state index in [0.29, 0.717) is 0 Å². The molecule has 0 heterocycles. The Labute approximate surface area is 111 Å². The molecular weight excluding hydrogens is 240 g/mol. The van der Waals surface area contributed by atoms with Crippen molar-refractivity contribution in [2.75, 3.05) is 0 Å². The van der Waals surface area contributed by atoms with Crippen molar-refractivity contribution in [2.24, 2.45) is 11.8 Å². The van der Waals surface area contributed by atoms with Crippen LogP contribution in [0.15, 0.2) is 60.2 Å². The predicted octanol–water partition coefficient (Wildman–Crippen LogP) is 1.73. The minimum Gasteiger partial charge on any atom is -0.480 e. The standard InChI is InChI=1S/C15H16N2O2/c16-17-14(15(18)19)13-9-5-4-8-12(13)10-11-6-2-1-3-7-11/h1-10,13-14,17H,16H2,(H,18,19). The molecule has 98 valence electrons. The molecule has 1 aromatic rings. The monoisotopic (exact) mass is 256 g/mol. The Morgan fingerprint density at radius 3 is 2.68 bits per heavy atom. The summed E-state index contributed by atoms with van der Waals surface area (Å²) in [5, 5.41) is 9.18. The molecule has 0 saturated carbocycles. The minimum atomic E-state index is -0.966. The number of carboxylic acids is 1. The van der Waals surface area contributed by atoms with E-state index in [0.717, 1.165) is 11.1 Å². The van der Waals surface area contributed by atoms with Crippen molar-refractivity contribution in [3.8, 4) is 0 Å². The lowest BCUT2D eigenvalue weighted by Crippen LogP contribution is -2.46. The Kier molecular flexibility index (Phi) is 4.28. The lowest BCUT2D eigenvalue weighted by Gasteiger charge is -2.23. The number of nitrogens with one attached hydrogen (secondary N) is 1. The smallest absolute Gasteiger partial charge is 0.323 e. The molecule has 4 heteroatoms. The zero-order valence-electron chi connectivity index (χ0n) is 10.4. The second-order valence-corrected chi connectivity index (χ2v) is 4.31. The molecular formula is C15H16N2O2. The first-order valence-corrected chi connectivity index (χ1v) is 6.03. The van der Waals surface area contributed by atoms with Crippen LogP contribution in [0.5, 0.6) is 0 Å². The SMILES string of the molecule is NNC(C(=O)O)C1C=CC=CC1=Cc1ccccc1. The molecule has 0 bridgehead atoms. The van der Waals surface area contributed by atoms with E-state index < -0.39 is 12.0 Å². The molecule has 1 aliphatic carbocycles. The van der Waals surface area contributed by atoms with Crippen molar-refractivity contribution in [2.45, 2.75) is 6.04 Å². The van der Waals surface area contributed by atoms with E-state index in [2.05, 4.69) is 5.43 Å². The van der Waals surface area contributed by atoms with Gasteiger partial charge in [-0.2, -0.15) is 0 Å². The van der Waals surface area contributed by atoms with E-state index in [1.54, 1.807) is 0 Å². The molecule has 4 nitrogen and oxygen atoms in total. The maximum absolute atomic E-state index is 11.2. The molecule has 4 N–H and O–H groups in total. The van der Waals surface area contributed by atoms with Gasteiger partial charge in [0.15, 0.2) is 0 Å². The number of carboxylic acid groups (broad SMARTS) is 1. The van der Waals surface area contributed by atoms with Gasteiger partial charge in [0.25, 0.3) is 0 Å². The molecule has 0 saturated heterocycles. The van der Waals surface area contributed by atoms with Gasteiger partial charge in [-0.25, -0.2) is 5.43 Å². The Morgan fingerprint density at radius 2 is 2.05 bits per heavy atom. The summed E-state index contributed by atoms with van der Waals surface area (Å²) >= 11 is 0. The molecule has 2 atom stereocenters. The van der Waals surface area contributed by atoms with Crippen LogP contribution in [0.3, 0.4) is 0 Å². The quantitative estimate of drug-likeness (QED) is 0.566. The van der Waals surface area contributed by atoms with Gasteiger partial charge in [-0.05, 0) is 11.1 Å². The van der Waals surface area contributed by atoms with Crippen LogP contribution in [0, 0.1) is 5.92 Å². The first-order chi connectivity index (χ1) is 9.22. The third-order valence-electron chi connectivity index (χ3n) is 3.04. The van der Waals surface area contributed by atoms with Gasteiger partial charge in [-0.3, -0.25) is 10.6 Å². The van der Waals surface area contributed by atoms with Gasteiger partial charge in [0.05, 0.1) is 0 Å². The first kappa shape index (κ1) is 13.3. The summed E-state index contributed by atoms with van der Waals surface area (Å²) in [6.45, 7) is 0. The number of allylic oxidation sites excluding steroid dienone is 3. The van der Waals surface area contributed by atoms with Crippen molar-refractivity contribution in [1.82, 2.24) is 5.43 Å². The minimum absolute atomic E-state index is 0.285. The van der Waals surface area contributed by atoms with Crippen LogP contribution < -0.4 is 11.3 Å². The highest BCUT2D eigenvalue weighted by Gasteiger charge is 2.27. The Hall–Kier alpha value is -2.17. The highest BCUT2D eigenvalue weighted by atomic mass is 16.4. The average Bonchev–Trinajstić information content (AvgIpc) is 2.42. The van der Waals surface area contributed by atoms with E-state index >= 15 is 0 Å². The van der Waals surface area contributed by atoms with Gasteiger partial charge < -0.3 is 5.11 Å². The number of aliphatic carboxylic acids is 1. The van der Waals surface area contributed by atoms with E-state index in [4.69, 9.17) is 5.84 Å². The lowest BCUT2D eigenvalue weighted by atomic mass is 9.87. The molecule has 0 aliphatic heterocycles. The summed E-state index contributed by atoms with van der Waals surface area (Å²) in [5.41, 5.74) is 4.31. The van der Waals surface area contributed by atoms with E-state index in [-0.39, 0.29) is 5.92 Å². The Morgan fingerprint density at radius 1 is 1.32 bits per heavy atom. The highest BCUT2D eigenvalue weighted by molar-refractivity contribution is 5.76. The summed E-state index contributed by atoms with van der Waals surface area (Å²) < 4.78 is 0. The van der Waals surface area contributed by atoms with Gasteiger partial charge in [0, 0.05) is 5.92 Å². The number of benzene rings is 1. The second-order valence-electron chi connectivity index (χ2n) is 4.31. The van der Waals surface area contributed by atoms with Crippen molar-refractivity contribution in [3.63, 3.8) is 0 Å². The van der Waals surface area contributed by atoms with Crippen molar-refractivity contribution in [3.05, 3.63) is 65.8 Å². The molecule has 0 fully saturated rings. The largest absolute Gasteiger partial charge is 0.480 e. The maximum atomic E-state index is 11.2. The third kappa shape index (κ3) is 3.19. The van der Waals surface area contributed by atoms with Crippen LogP contribution >= 0.6 is 0 Å². The molecule has 0 radical (unpaired) electrons. The van der Waals surface area contributed by atoms with Gasteiger partial charge in [-0.1, -0.05) is 60.7 Å². The topological polar surface area (TPSA) is 75.3 Å². The zero-order chi connectivity index (χ0) is 13.7. The molecule has 2 unspecified atom stereocenters. The summed E-state index contributed by atoms with van der Waals surface area (Å²) in [5.74, 6) is 4.09. The highest BCUT2D eigenvalue weighted by Crippen LogP contribution is 2.24. The Balaban J connectivity index is 2.32. The van der Waals surface area contributed by atoms with Gasteiger partial charge in [-0.15, -0.1) is 0 Å². The average molecular weight is 256 g/mol. The van der Waals surface area contributed by atoms with Crippen LogP contribution in [-0.2, 0) is 4.79 Å². The van der Waals surface area contributed by atoms with E-state index in [1.165, 1.54) is 0 Å². The van der Waals surface area contributed by atoms with E-state index in [9.17, 15) is 9.90 Å². The molecule has 1 aromatic carbocycles. The van der Waals surface area contributed by atoms with E-state index in [1.807, 2.05) is 60.7 Å². The van der Waals surface area contributed by atoms with Crippen LogP contribution in [0.25, 0.3) is 6.08 Å². The fourth-order valence-corrected chi connectivity index (χ4v) is 2.09. The fraction of sp³-hybridized carbons (Fsp3) is 0.133. The molecule has 2 rings (SSSR count). The zero-order valence-corrected chi connectivity index (χ0v) is 10.4. The number of hydrogen-bond acceptors (Lipinski definition) is 3. The number of hydrogen-bond donors (Lipinski definition) is 3. The normalized spacial score (nSPS) is 21.5. The van der Waals surface area contributed by atoms with Gasteiger partial charge in [0.1, 0.15) is 6.04 Å². The molecule has 1 aliphatic rings. The maximum Gasteiger partial charge on any atom is 0.323 e. The Bertz CT molecular complexity index is 532. The van der Waals surface area contributed by atoms with Gasteiger partial charge in [0.2, 0.25) is 0 Å². The number of hydrazine groups is 1. The van der Waals surface area contributed by atoms with Crippen molar-refractivity contribution in [1.29, 1.82) is 0 Å². The number of rotatable bonds is 4. The molecule has 0 spiro atoms. The fourth-order valence-electron chi connectivity index (χ4n) is 2.09. The lowest BCUT2D eigenvalue weighted by molar-refractivity contribution is -0.140. The third-order valence-corrected chi connectivity index (χ3v) is 3.04. The number of carbonyl (C=O) groups is 1. The molecule has 0 aromatic heterocycles. The van der Waals surface area contributed by atoms with Crippen LogP contribution in [-0.4, -0.2) is 17.1 Å². The van der Waals surface area contributed by atoms with Crippen LogP contribution in [0.2, 0.25) is 0 Å². The summed E-state index contributed by atoms with van der Waals surface area (Å²) in [7, 11) is 0. The number of nitrogens with two attached hydrogens (primary N) is 1. The summed E-state index contributed by atoms with van der Waals surface area (Å²) in [6, 6.07) is 8.94. The molecule has 19 heavy (non-hydrogen) atoms. The predicted molar refractivity (Wildman–Crippen MR) is 74.9 cm³/mol. The second kappa shape index (κ2) is 6.13.